The van der Waals surface area contributed by atoms with Gasteiger partial charge in [0.1, 0.15) is 17.3 Å². The Balaban J connectivity index is 1.43. The van der Waals surface area contributed by atoms with Gasteiger partial charge in [0.15, 0.2) is 0 Å². The molecule has 1 saturated carbocycles. The Kier molecular flexibility index (Phi) is 5.62. The van der Waals surface area contributed by atoms with Gasteiger partial charge in [-0.25, -0.2) is 19.2 Å². The van der Waals surface area contributed by atoms with Crippen LogP contribution in [-0.4, -0.2) is 26.7 Å². The SMILES string of the molecule is O=C(NO)c1cc2c(CN[C@H]3C[C@@H]3c3ccccc3)cn(Cc3ccc(F)cc3F)c2cn1. The Morgan fingerprint density at radius 1 is 1.12 bits per heavy atom. The van der Waals surface area contributed by atoms with E-state index in [1.54, 1.807) is 11.5 Å². The van der Waals surface area contributed by atoms with Crippen LogP contribution in [0, 0.1) is 11.6 Å². The molecule has 2 atom stereocenters. The molecule has 1 fully saturated rings. The standard InChI is InChI=1S/C25H22F2N4O2/c26-18-7-6-16(21(27)8-18)13-31-14-17(20-10-23(25(32)30-33)29-12-24(20)31)11-28-22-9-19(22)15-4-2-1-3-5-15/h1-8,10,12,14,19,22,28,33H,9,11,13H2,(H,30,32)/t19-,22+/m1/s1. The highest BCUT2D eigenvalue weighted by molar-refractivity contribution is 5.96. The first kappa shape index (κ1) is 21.2. The van der Waals surface area contributed by atoms with E-state index >= 15 is 0 Å². The number of amides is 1. The lowest BCUT2D eigenvalue weighted by Gasteiger charge is -2.07. The summed E-state index contributed by atoms with van der Waals surface area (Å²) in [4.78, 5) is 16.0. The van der Waals surface area contributed by atoms with Crippen molar-refractivity contribution in [3.63, 3.8) is 0 Å². The van der Waals surface area contributed by atoms with Crippen LogP contribution in [0.3, 0.4) is 0 Å². The molecule has 8 heteroatoms. The summed E-state index contributed by atoms with van der Waals surface area (Å²) in [5.74, 6) is -1.49. The summed E-state index contributed by atoms with van der Waals surface area (Å²) in [7, 11) is 0. The molecule has 5 rings (SSSR count). The third-order valence-corrected chi connectivity index (χ3v) is 6.11. The van der Waals surface area contributed by atoms with E-state index in [4.69, 9.17) is 5.21 Å². The van der Waals surface area contributed by atoms with Gasteiger partial charge >= 0.3 is 0 Å². The molecule has 0 radical (unpaired) electrons. The second kappa shape index (κ2) is 8.73. The molecule has 1 amide bonds. The van der Waals surface area contributed by atoms with Crippen LogP contribution in [0.4, 0.5) is 8.78 Å². The topological polar surface area (TPSA) is 79.2 Å². The van der Waals surface area contributed by atoms with E-state index in [1.165, 1.54) is 23.9 Å². The van der Waals surface area contributed by atoms with Gasteiger partial charge in [0, 0.05) is 41.7 Å². The normalized spacial score (nSPS) is 17.3. The van der Waals surface area contributed by atoms with Gasteiger partial charge in [0.05, 0.1) is 18.3 Å². The van der Waals surface area contributed by atoms with Crippen LogP contribution in [0.25, 0.3) is 10.9 Å². The number of halogens is 2. The highest BCUT2D eigenvalue weighted by atomic mass is 19.1. The number of hydrogen-bond donors (Lipinski definition) is 3. The zero-order valence-electron chi connectivity index (χ0n) is 17.6. The largest absolute Gasteiger partial charge is 0.341 e. The van der Waals surface area contributed by atoms with Crippen LogP contribution in [0.15, 0.2) is 67.0 Å². The quantitative estimate of drug-likeness (QED) is 0.294. The van der Waals surface area contributed by atoms with E-state index in [0.717, 1.165) is 23.4 Å². The molecule has 0 bridgehead atoms. The predicted molar refractivity (Wildman–Crippen MR) is 119 cm³/mol. The summed E-state index contributed by atoms with van der Waals surface area (Å²) in [5, 5.41) is 13.3. The first-order valence-corrected chi connectivity index (χ1v) is 10.7. The van der Waals surface area contributed by atoms with E-state index in [9.17, 15) is 13.6 Å². The van der Waals surface area contributed by atoms with Crippen molar-refractivity contribution >= 4 is 16.8 Å². The molecule has 0 spiro atoms. The van der Waals surface area contributed by atoms with Crippen LogP contribution >= 0.6 is 0 Å². The summed E-state index contributed by atoms with van der Waals surface area (Å²) in [6, 6.07) is 15.8. The van der Waals surface area contributed by atoms with Crippen molar-refractivity contribution < 1.29 is 18.8 Å². The minimum Gasteiger partial charge on any atom is -0.341 e. The second-order valence-electron chi connectivity index (χ2n) is 8.29. The Hall–Kier alpha value is -3.62. The molecule has 168 valence electrons. The monoisotopic (exact) mass is 448 g/mol. The number of rotatable bonds is 7. The fourth-order valence-corrected chi connectivity index (χ4v) is 4.28. The van der Waals surface area contributed by atoms with Crippen molar-refractivity contribution in [2.45, 2.75) is 31.5 Å². The minimum atomic E-state index is -0.709. The molecule has 33 heavy (non-hydrogen) atoms. The lowest BCUT2D eigenvalue weighted by molar-refractivity contribution is 0.0701. The number of hydrogen-bond acceptors (Lipinski definition) is 4. The average Bonchev–Trinajstić information content (AvgIpc) is 3.54. The number of nitrogens with zero attached hydrogens (tertiary/aromatic N) is 2. The first-order valence-electron chi connectivity index (χ1n) is 10.7. The van der Waals surface area contributed by atoms with Gasteiger partial charge in [-0.1, -0.05) is 36.4 Å². The van der Waals surface area contributed by atoms with Gasteiger partial charge in [-0.3, -0.25) is 10.0 Å². The van der Waals surface area contributed by atoms with E-state index in [1.807, 2.05) is 29.0 Å². The molecule has 2 aromatic heterocycles. The Bertz CT molecular complexity index is 1320. The molecule has 2 aromatic carbocycles. The van der Waals surface area contributed by atoms with Gasteiger partial charge in [-0.15, -0.1) is 0 Å². The van der Waals surface area contributed by atoms with Crippen LogP contribution in [-0.2, 0) is 13.1 Å². The third-order valence-electron chi connectivity index (χ3n) is 6.11. The van der Waals surface area contributed by atoms with Crippen molar-refractivity contribution in [3.05, 3.63) is 101 Å². The minimum absolute atomic E-state index is 0.0746. The van der Waals surface area contributed by atoms with Crippen molar-refractivity contribution in [2.75, 3.05) is 0 Å². The van der Waals surface area contributed by atoms with Gasteiger partial charge in [0.2, 0.25) is 0 Å². The molecule has 1 aliphatic rings. The van der Waals surface area contributed by atoms with Crippen LogP contribution in [0.2, 0.25) is 0 Å². The maximum Gasteiger partial charge on any atom is 0.293 e. The fourth-order valence-electron chi connectivity index (χ4n) is 4.28. The molecule has 4 aromatic rings. The average molecular weight is 448 g/mol. The smallest absolute Gasteiger partial charge is 0.293 e. The van der Waals surface area contributed by atoms with Gasteiger partial charge in [0.25, 0.3) is 5.91 Å². The highest BCUT2D eigenvalue weighted by Crippen LogP contribution is 2.41. The van der Waals surface area contributed by atoms with E-state index in [-0.39, 0.29) is 12.2 Å². The van der Waals surface area contributed by atoms with E-state index in [0.29, 0.717) is 29.6 Å². The lowest BCUT2D eigenvalue weighted by Crippen LogP contribution is -2.20. The third kappa shape index (κ3) is 4.35. The molecule has 1 aliphatic carbocycles. The van der Waals surface area contributed by atoms with Crippen LogP contribution in [0.1, 0.15) is 39.5 Å². The maximum absolute atomic E-state index is 14.3. The number of hydroxylamine groups is 1. The van der Waals surface area contributed by atoms with Gasteiger partial charge in [-0.05, 0) is 29.7 Å². The second-order valence-corrected chi connectivity index (χ2v) is 8.29. The van der Waals surface area contributed by atoms with Crippen LogP contribution < -0.4 is 10.8 Å². The summed E-state index contributed by atoms with van der Waals surface area (Å²) in [6.07, 6.45) is 4.46. The number of aromatic nitrogens is 2. The molecular formula is C25H22F2N4O2. The maximum atomic E-state index is 14.3. The first-order chi connectivity index (χ1) is 16.0. The summed E-state index contributed by atoms with van der Waals surface area (Å²) < 4.78 is 29.4. The number of benzene rings is 2. The molecule has 0 saturated heterocycles. The van der Waals surface area contributed by atoms with E-state index < -0.39 is 17.5 Å². The molecule has 3 N–H and O–H groups in total. The van der Waals surface area contributed by atoms with Crippen molar-refractivity contribution in [3.8, 4) is 0 Å². The molecule has 0 aliphatic heterocycles. The molecule has 2 heterocycles. The highest BCUT2D eigenvalue weighted by Gasteiger charge is 2.37. The predicted octanol–water partition coefficient (Wildman–Crippen LogP) is 4.13. The number of fused-ring (bicyclic) bond motifs is 1. The number of pyridine rings is 1. The summed E-state index contributed by atoms with van der Waals surface area (Å²) in [6.45, 7) is 0.736. The Morgan fingerprint density at radius 2 is 1.94 bits per heavy atom. The molecule has 0 unspecified atom stereocenters. The zero-order chi connectivity index (χ0) is 22.9. The Labute approximate surface area is 188 Å². The zero-order valence-corrected chi connectivity index (χ0v) is 17.6. The van der Waals surface area contributed by atoms with Crippen LogP contribution in [0.5, 0.6) is 0 Å². The lowest BCUT2D eigenvalue weighted by atomic mass is 10.1. The number of carbonyl (C=O) groups is 1. The van der Waals surface area contributed by atoms with Crippen molar-refractivity contribution in [2.24, 2.45) is 0 Å². The number of carbonyl (C=O) groups excluding carboxylic acids is 1. The van der Waals surface area contributed by atoms with E-state index in [2.05, 4.69) is 22.4 Å². The molecule has 6 nitrogen and oxygen atoms in total. The van der Waals surface area contributed by atoms with Crippen molar-refractivity contribution in [1.29, 1.82) is 0 Å². The summed E-state index contributed by atoms with van der Waals surface area (Å²) in [5.41, 5.74) is 4.95. The number of nitrogens with one attached hydrogen (secondary N) is 2. The van der Waals surface area contributed by atoms with Gasteiger partial charge < -0.3 is 9.88 Å². The van der Waals surface area contributed by atoms with Crippen molar-refractivity contribution in [1.82, 2.24) is 20.3 Å². The van der Waals surface area contributed by atoms with Gasteiger partial charge in [-0.2, -0.15) is 0 Å². The summed E-state index contributed by atoms with van der Waals surface area (Å²) >= 11 is 0. The fraction of sp³-hybridized carbons (Fsp3) is 0.200. The Morgan fingerprint density at radius 3 is 2.70 bits per heavy atom. The molecular weight excluding hydrogens is 426 g/mol.